The molecule has 0 aromatic heterocycles. The Morgan fingerprint density at radius 3 is 2.23 bits per heavy atom. The summed E-state index contributed by atoms with van der Waals surface area (Å²) in [5, 5.41) is 0. The number of carbonyl (C=O) groups excluding carboxylic acids is 2. The minimum atomic E-state index is -6.12. The Hall–Kier alpha value is -3.12. The molecule has 214 valence electrons. The van der Waals surface area contributed by atoms with Gasteiger partial charge in [0.05, 0.1) is 12.2 Å². The van der Waals surface area contributed by atoms with Crippen LogP contribution in [0.2, 0.25) is 0 Å². The highest BCUT2D eigenvalue weighted by atomic mass is 32.2. The highest BCUT2D eigenvalue weighted by molar-refractivity contribution is 7.88. The van der Waals surface area contributed by atoms with Gasteiger partial charge in [-0.3, -0.25) is 4.79 Å². The van der Waals surface area contributed by atoms with Gasteiger partial charge in [0, 0.05) is 24.2 Å². The Morgan fingerprint density at radius 1 is 1.08 bits per heavy atom. The van der Waals surface area contributed by atoms with Gasteiger partial charge >= 0.3 is 21.6 Å². The molecule has 0 aliphatic carbocycles. The predicted molar refractivity (Wildman–Crippen MR) is 137 cm³/mol. The van der Waals surface area contributed by atoms with Gasteiger partial charge in [-0.25, -0.2) is 4.79 Å². The first kappa shape index (κ1) is 30.4. The summed E-state index contributed by atoms with van der Waals surface area (Å²) in [6.45, 7) is 9.61. The van der Waals surface area contributed by atoms with Crippen molar-refractivity contribution in [3.8, 4) is 5.75 Å². The molecule has 3 rings (SSSR count). The van der Waals surface area contributed by atoms with E-state index < -0.39 is 45.0 Å². The van der Waals surface area contributed by atoms with E-state index in [0.717, 1.165) is 5.56 Å². The van der Waals surface area contributed by atoms with Gasteiger partial charge in [-0.1, -0.05) is 30.3 Å². The van der Waals surface area contributed by atoms with E-state index in [-0.39, 0.29) is 48.4 Å². The number of benzene rings is 2. The van der Waals surface area contributed by atoms with E-state index >= 15 is 0 Å². The zero-order valence-electron chi connectivity index (χ0n) is 22.6. The van der Waals surface area contributed by atoms with Crippen molar-refractivity contribution in [1.29, 1.82) is 0 Å². The van der Waals surface area contributed by atoms with E-state index in [1.54, 1.807) is 25.7 Å². The minimum Gasteiger partial charge on any atom is -0.464 e. The van der Waals surface area contributed by atoms with Crippen molar-refractivity contribution in [3.63, 3.8) is 0 Å². The molecule has 1 aliphatic heterocycles. The average molecular weight is 572 g/mol. The van der Waals surface area contributed by atoms with Crippen molar-refractivity contribution in [3.05, 3.63) is 63.7 Å². The molecule has 1 aliphatic rings. The molecule has 0 fully saturated rings. The van der Waals surface area contributed by atoms with Gasteiger partial charge in [0.15, 0.2) is 11.9 Å². The van der Waals surface area contributed by atoms with Crippen LogP contribution in [0, 0.1) is 13.8 Å². The maximum Gasteiger partial charge on any atom is 0.534 e. The van der Waals surface area contributed by atoms with Gasteiger partial charge in [0.25, 0.3) is 5.91 Å². The van der Waals surface area contributed by atoms with Gasteiger partial charge in [0.1, 0.15) is 0 Å². The molecule has 1 amide bonds. The van der Waals surface area contributed by atoms with Crippen LogP contribution < -0.4 is 4.18 Å². The van der Waals surface area contributed by atoms with Gasteiger partial charge in [-0.05, 0) is 70.2 Å². The first-order valence-corrected chi connectivity index (χ1v) is 13.7. The molecule has 0 saturated carbocycles. The van der Waals surface area contributed by atoms with Crippen molar-refractivity contribution in [2.75, 3.05) is 13.2 Å². The number of rotatable bonds is 8. The molecule has 0 saturated heterocycles. The zero-order chi connectivity index (χ0) is 29.3. The van der Waals surface area contributed by atoms with Crippen LogP contribution in [0.15, 0.2) is 30.3 Å². The van der Waals surface area contributed by atoms with E-state index in [1.165, 1.54) is 20.8 Å². The molecule has 2 aromatic rings. The van der Waals surface area contributed by atoms with Crippen molar-refractivity contribution in [2.45, 2.75) is 71.7 Å². The molecule has 1 atom stereocenters. The Morgan fingerprint density at radius 2 is 1.69 bits per heavy atom. The normalized spacial score (nSPS) is 15.1. The summed E-state index contributed by atoms with van der Waals surface area (Å²) < 4.78 is 80.2. The highest BCUT2D eigenvalue weighted by Gasteiger charge is 2.50. The molecule has 2 aromatic carbocycles. The van der Waals surface area contributed by atoms with Crippen LogP contribution in [0.3, 0.4) is 0 Å². The fourth-order valence-corrected chi connectivity index (χ4v) is 5.03. The van der Waals surface area contributed by atoms with Crippen molar-refractivity contribution < 1.29 is 44.8 Å². The summed E-state index contributed by atoms with van der Waals surface area (Å²) in [5.41, 5.74) is -5.59. The summed E-state index contributed by atoms with van der Waals surface area (Å²) in [7, 11) is -6.12. The molecular weight excluding hydrogens is 539 g/mol. The third-order valence-corrected chi connectivity index (χ3v) is 7.13. The SMILES string of the molecule is CCOC(=O)C(OC(C)(C)C)c1c(C)c2c(c(C)c1OS(=O)(=O)C(F)(F)F)CCN(Cc1ccccc1)C2=O. The molecule has 0 N–H and O–H groups in total. The maximum atomic E-state index is 13.7. The zero-order valence-corrected chi connectivity index (χ0v) is 23.5. The van der Waals surface area contributed by atoms with Crippen LogP contribution in [0.5, 0.6) is 5.75 Å². The molecule has 8 nitrogen and oxygen atoms in total. The Balaban J connectivity index is 2.28. The minimum absolute atomic E-state index is 0.00190. The number of amides is 1. The fraction of sp³-hybridized carbons (Fsp3) is 0.481. The quantitative estimate of drug-likeness (QED) is 0.246. The summed E-state index contributed by atoms with van der Waals surface area (Å²) >= 11 is 0. The summed E-state index contributed by atoms with van der Waals surface area (Å²) in [6, 6.07) is 9.24. The van der Waals surface area contributed by atoms with E-state index in [2.05, 4.69) is 0 Å². The van der Waals surface area contributed by atoms with E-state index in [9.17, 15) is 31.2 Å². The van der Waals surface area contributed by atoms with Crippen LogP contribution in [-0.2, 0) is 37.4 Å². The van der Waals surface area contributed by atoms with Gasteiger partial charge in [-0.2, -0.15) is 21.6 Å². The van der Waals surface area contributed by atoms with Crippen LogP contribution in [0.25, 0.3) is 0 Å². The molecule has 39 heavy (non-hydrogen) atoms. The molecule has 0 radical (unpaired) electrons. The lowest BCUT2D eigenvalue weighted by Crippen LogP contribution is -2.39. The third-order valence-electron chi connectivity index (χ3n) is 6.18. The van der Waals surface area contributed by atoms with Crippen molar-refractivity contribution in [1.82, 2.24) is 4.90 Å². The number of fused-ring (bicyclic) bond motifs is 1. The number of ether oxygens (including phenoxy) is 2. The number of nitrogens with zero attached hydrogens (tertiary/aromatic N) is 1. The maximum absolute atomic E-state index is 13.7. The number of hydrogen-bond acceptors (Lipinski definition) is 7. The Kier molecular flexibility index (Phi) is 8.71. The molecule has 0 bridgehead atoms. The average Bonchev–Trinajstić information content (AvgIpc) is 2.82. The second kappa shape index (κ2) is 11.2. The highest BCUT2D eigenvalue weighted by Crippen LogP contribution is 2.44. The van der Waals surface area contributed by atoms with Crippen LogP contribution in [0.4, 0.5) is 13.2 Å². The summed E-state index contributed by atoms with van der Waals surface area (Å²) in [6.07, 6.45) is -1.45. The number of halogens is 3. The first-order valence-electron chi connectivity index (χ1n) is 12.3. The number of esters is 1. The lowest BCUT2D eigenvalue weighted by Gasteiger charge is -2.34. The van der Waals surface area contributed by atoms with E-state index in [4.69, 9.17) is 13.7 Å². The second-order valence-corrected chi connectivity index (χ2v) is 11.7. The van der Waals surface area contributed by atoms with E-state index in [1.807, 2.05) is 30.3 Å². The molecule has 12 heteroatoms. The summed E-state index contributed by atoms with van der Waals surface area (Å²) in [5.74, 6) is -2.07. The third kappa shape index (κ3) is 6.55. The lowest BCUT2D eigenvalue weighted by atomic mass is 9.85. The molecule has 1 heterocycles. The molecule has 1 unspecified atom stereocenters. The van der Waals surface area contributed by atoms with Crippen LogP contribution in [0.1, 0.15) is 72.0 Å². The van der Waals surface area contributed by atoms with Gasteiger partial charge in [-0.15, -0.1) is 0 Å². The summed E-state index contributed by atoms with van der Waals surface area (Å²) in [4.78, 5) is 28.4. The van der Waals surface area contributed by atoms with Crippen LogP contribution in [-0.4, -0.2) is 49.5 Å². The van der Waals surface area contributed by atoms with Gasteiger partial charge < -0.3 is 18.6 Å². The monoisotopic (exact) mass is 571 g/mol. The van der Waals surface area contributed by atoms with Crippen molar-refractivity contribution in [2.24, 2.45) is 0 Å². The smallest absolute Gasteiger partial charge is 0.464 e. The largest absolute Gasteiger partial charge is 0.534 e. The van der Waals surface area contributed by atoms with E-state index in [0.29, 0.717) is 5.56 Å². The number of carbonyl (C=O) groups is 2. The van der Waals surface area contributed by atoms with Crippen molar-refractivity contribution >= 4 is 22.0 Å². The Bertz CT molecular complexity index is 1350. The number of alkyl halides is 3. The molecular formula is C27H32F3NO7S. The van der Waals surface area contributed by atoms with Crippen LogP contribution >= 0.6 is 0 Å². The molecule has 0 spiro atoms. The predicted octanol–water partition coefficient (Wildman–Crippen LogP) is 5.15. The topological polar surface area (TPSA) is 99.2 Å². The lowest BCUT2D eigenvalue weighted by molar-refractivity contribution is -0.167. The first-order chi connectivity index (χ1) is 18.0. The fourth-order valence-electron chi connectivity index (χ4n) is 4.50. The standard InChI is InChI=1S/C27H32F3NO7S/c1-7-36-25(33)23(37-26(4,5)6)21-17(3)20-19(16(2)22(21)38-39(34,35)27(28,29)30)13-14-31(24(20)32)15-18-11-9-8-10-12-18/h8-12,23H,7,13-15H2,1-6H3. The van der Waals surface area contributed by atoms with Gasteiger partial charge in [0.2, 0.25) is 0 Å². The number of hydrogen-bond donors (Lipinski definition) is 0. The Labute approximate surface area is 226 Å². The second-order valence-electron chi connectivity index (χ2n) is 10.2.